The maximum atomic E-state index is 12.3. The molecule has 1 unspecified atom stereocenters. The van der Waals surface area contributed by atoms with Crippen molar-refractivity contribution in [1.82, 2.24) is 0 Å². The molecule has 1 N–H and O–H groups in total. The SMILES string of the molecule is COC(=O)C(C)(Nc1ccc(Cl)cc1)C1CCCCC1. The Morgan fingerprint density at radius 2 is 1.85 bits per heavy atom. The fourth-order valence-corrected chi connectivity index (χ4v) is 3.17. The van der Waals surface area contributed by atoms with E-state index in [1.807, 2.05) is 31.2 Å². The van der Waals surface area contributed by atoms with E-state index < -0.39 is 5.54 Å². The number of carbonyl (C=O) groups excluding carboxylic acids is 1. The molecule has 2 rings (SSSR count). The van der Waals surface area contributed by atoms with Gasteiger partial charge in [0.15, 0.2) is 0 Å². The van der Waals surface area contributed by atoms with Crippen molar-refractivity contribution < 1.29 is 9.53 Å². The zero-order valence-electron chi connectivity index (χ0n) is 12.1. The molecular weight excluding hydrogens is 274 g/mol. The second-order valence-electron chi connectivity index (χ2n) is 5.66. The Bertz CT molecular complexity index is 454. The van der Waals surface area contributed by atoms with Crippen molar-refractivity contribution in [3.63, 3.8) is 0 Å². The zero-order chi connectivity index (χ0) is 14.6. The van der Waals surface area contributed by atoms with Gasteiger partial charge in [-0.1, -0.05) is 30.9 Å². The van der Waals surface area contributed by atoms with Crippen LogP contribution in [0.15, 0.2) is 24.3 Å². The van der Waals surface area contributed by atoms with Crippen LogP contribution in [0.2, 0.25) is 5.02 Å². The molecule has 1 saturated carbocycles. The summed E-state index contributed by atoms with van der Waals surface area (Å²) in [5, 5.41) is 4.06. The number of rotatable bonds is 4. The minimum Gasteiger partial charge on any atom is -0.467 e. The van der Waals surface area contributed by atoms with Gasteiger partial charge in [-0.15, -0.1) is 0 Å². The number of hydrogen-bond donors (Lipinski definition) is 1. The number of benzene rings is 1. The number of carbonyl (C=O) groups is 1. The van der Waals surface area contributed by atoms with Gasteiger partial charge in [-0.2, -0.15) is 0 Å². The third-order valence-corrected chi connectivity index (χ3v) is 4.53. The number of hydrogen-bond acceptors (Lipinski definition) is 3. The van der Waals surface area contributed by atoms with Gasteiger partial charge >= 0.3 is 5.97 Å². The third kappa shape index (κ3) is 3.26. The number of anilines is 1. The van der Waals surface area contributed by atoms with Crippen molar-refractivity contribution >= 4 is 23.3 Å². The molecule has 110 valence electrons. The highest BCUT2D eigenvalue weighted by Gasteiger charge is 2.42. The Labute approximate surface area is 125 Å². The van der Waals surface area contributed by atoms with Crippen molar-refractivity contribution in [3.8, 4) is 0 Å². The van der Waals surface area contributed by atoms with Crippen LogP contribution in [0.25, 0.3) is 0 Å². The summed E-state index contributed by atoms with van der Waals surface area (Å²) in [6.45, 7) is 1.95. The number of halogens is 1. The molecule has 1 aromatic carbocycles. The quantitative estimate of drug-likeness (QED) is 0.843. The zero-order valence-corrected chi connectivity index (χ0v) is 12.9. The summed E-state index contributed by atoms with van der Waals surface area (Å²) >= 11 is 5.90. The molecule has 0 spiro atoms. The lowest BCUT2D eigenvalue weighted by molar-refractivity contribution is -0.147. The summed E-state index contributed by atoms with van der Waals surface area (Å²) in [4.78, 5) is 12.3. The summed E-state index contributed by atoms with van der Waals surface area (Å²) < 4.78 is 5.04. The Morgan fingerprint density at radius 3 is 2.40 bits per heavy atom. The molecular formula is C16H22ClNO2. The second-order valence-corrected chi connectivity index (χ2v) is 6.10. The van der Waals surface area contributed by atoms with Crippen LogP contribution in [-0.4, -0.2) is 18.6 Å². The summed E-state index contributed by atoms with van der Waals surface area (Å²) in [7, 11) is 1.45. The summed E-state index contributed by atoms with van der Waals surface area (Å²) in [5.41, 5.74) is 0.219. The molecule has 3 nitrogen and oxygen atoms in total. The summed E-state index contributed by atoms with van der Waals surface area (Å²) in [5.74, 6) is 0.110. The van der Waals surface area contributed by atoms with Crippen molar-refractivity contribution in [2.24, 2.45) is 5.92 Å². The monoisotopic (exact) mass is 295 g/mol. The van der Waals surface area contributed by atoms with Gasteiger partial charge < -0.3 is 10.1 Å². The number of esters is 1. The maximum absolute atomic E-state index is 12.3. The minimum absolute atomic E-state index is 0.195. The minimum atomic E-state index is -0.678. The van der Waals surface area contributed by atoms with E-state index in [-0.39, 0.29) is 5.97 Å². The Morgan fingerprint density at radius 1 is 1.25 bits per heavy atom. The van der Waals surface area contributed by atoms with Crippen molar-refractivity contribution in [3.05, 3.63) is 29.3 Å². The standard InChI is InChI=1S/C16H22ClNO2/c1-16(15(19)20-2,12-6-4-3-5-7-12)18-14-10-8-13(17)9-11-14/h8-12,18H,3-7H2,1-2H3. The molecule has 1 atom stereocenters. The first-order valence-electron chi connectivity index (χ1n) is 7.18. The van der Waals surface area contributed by atoms with Gasteiger partial charge in [0.1, 0.15) is 5.54 Å². The predicted octanol–water partition coefficient (Wildman–Crippen LogP) is 4.26. The molecule has 0 amide bonds. The lowest BCUT2D eigenvalue weighted by Gasteiger charge is -2.38. The third-order valence-electron chi connectivity index (χ3n) is 4.28. The molecule has 0 aromatic heterocycles. The van der Waals surface area contributed by atoms with E-state index in [9.17, 15) is 4.79 Å². The Kier molecular flexibility index (Phi) is 4.92. The van der Waals surface area contributed by atoms with Crippen molar-refractivity contribution in [1.29, 1.82) is 0 Å². The molecule has 1 aromatic rings. The van der Waals surface area contributed by atoms with Crippen LogP contribution in [0.3, 0.4) is 0 Å². The first-order chi connectivity index (χ1) is 9.56. The maximum Gasteiger partial charge on any atom is 0.331 e. The highest BCUT2D eigenvalue weighted by Crippen LogP contribution is 2.36. The molecule has 0 aliphatic heterocycles. The lowest BCUT2D eigenvalue weighted by atomic mass is 9.75. The van der Waals surface area contributed by atoms with E-state index in [1.54, 1.807) is 0 Å². The summed E-state index contributed by atoms with van der Waals surface area (Å²) in [6.07, 6.45) is 5.74. The normalized spacial score (nSPS) is 19.1. The van der Waals surface area contributed by atoms with Crippen LogP contribution < -0.4 is 5.32 Å². The fourth-order valence-electron chi connectivity index (χ4n) is 3.04. The average molecular weight is 296 g/mol. The van der Waals surface area contributed by atoms with Crippen LogP contribution in [0.5, 0.6) is 0 Å². The number of ether oxygens (including phenoxy) is 1. The first kappa shape index (κ1) is 15.2. The molecule has 1 fully saturated rings. The smallest absolute Gasteiger partial charge is 0.331 e. The van der Waals surface area contributed by atoms with E-state index in [0.29, 0.717) is 10.9 Å². The Balaban J connectivity index is 2.21. The molecule has 0 radical (unpaired) electrons. The average Bonchev–Trinajstić information content (AvgIpc) is 2.49. The molecule has 20 heavy (non-hydrogen) atoms. The summed E-state index contributed by atoms with van der Waals surface area (Å²) in [6, 6.07) is 7.43. The fraction of sp³-hybridized carbons (Fsp3) is 0.562. The van der Waals surface area contributed by atoms with Gasteiger partial charge in [0, 0.05) is 10.7 Å². The largest absolute Gasteiger partial charge is 0.467 e. The first-order valence-corrected chi connectivity index (χ1v) is 7.56. The Hall–Kier alpha value is -1.22. The van der Waals surface area contributed by atoms with Crippen LogP contribution in [0, 0.1) is 5.92 Å². The lowest BCUT2D eigenvalue weighted by Crippen LogP contribution is -2.51. The predicted molar refractivity (Wildman–Crippen MR) is 82.1 cm³/mol. The molecule has 1 aliphatic rings. The van der Waals surface area contributed by atoms with E-state index in [4.69, 9.17) is 16.3 Å². The van der Waals surface area contributed by atoms with Gasteiger partial charge in [0.05, 0.1) is 7.11 Å². The van der Waals surface area contributed by atoms with E-state index in [2.05, 4.69) is 5.32 Å². The van der Waals surface area contributed by atoms with E-state index in [0.717, 1.165) is 18.5 Å². The van der Waals surface area contributed by atoms with Gasteiger partial charge in [-0.25, -0.2) is 4.79 Å². The molecule has 1 aliphatic carbocycles. The van der Waals surface area contributed by atoms with Crippen molar-refractivity contribution in [2.45, 2.75) is 44.6 Å². The second kappa shape index (κ2) is 6.49. The van der Waals surface area contributed by atoms with Crippen molar-refractivity contribution in [2.75, 3.05) is 12.4 Å². The van der Waals surface area contributed by atoms with Crippen LogP contribution >= 0.6 is 11.6 Å². The molecule has 0 bridgehead atoms. The van der Waals surface area contributed by atoms with Gasteiger partial charge in [0.2, 0.25) is 0 Å². The van der Waals surface area contributed by atoms with Crippen LogP contribution in [0.4, 0.5) is 5.69 Å². The van der Waals surface area contributed by atoms with Crippen LogP contribution in [-0.2, 0) is 9.53 Å². The van der Waals surface area contributed by atoms with Crippen LogP contribution in [0.1, 0.15) is 39.0 Å². The molecule has 0 heterocycles. The van der Waals surface area contributed by atoms with E-state index >= 15 is 0 Å². The molecule has 0 saturated heterocycles. The topological polar surface area (TPSA) is 38.3 Å². The molecule has 4 heteroatoms. The highest BCUT2D eigenvalue weighted by atomic mass is 35.5. The van der Waals surface area contributed by atoms with Gasteiger partial charge in [0.25, 0.3) is 0 Å². The number of methoxy groups -OCH3 is 1. The van der Waals surface area contributed by atoms with Gasteiger partial charge in [-0.3, -0.25) is 0 Å². The number of nitrogens with one attached hydrogen (secondary N) is 1. The van der Waals surface area contributed by atoms with Gasteiger partial charge in [-0.05, 0) is 49.9 Å². The highest BCUT2D eigenvalue weighted by molar-refractivity contribution is 6.30. The van der Waals surface area contributed by atoms with E-state index in [1.165, 1.54) is 26.4 Å².